The molecule has 1 aromatic carbocycles. The van der Waals surface area contributed by atoms with Crippen LogP contribution in [0.2, 0.25) is 5.02 Å². The zero-order chi connectivity index (χ0) is 9.97. The molecule has 1 aromatic rings. The van der Waals surface area contributed by atoms with Crippen molar-refractivity contribution in [1.29, 1.82) is 0 Å². The topological polar surface area (TPSA) is 44.3 Å². The first-order chi connectivity index (χ1) is 6.77. The summed E-state index contributed by atoms with van der Waals surface area (Å²) in [4.78, 5) is 0. The summed E-state index contributed by atoms with van der Waals surface area (Å²) in [5.41, 5.74) is 1.11. The van der Waals surface area contributed by atoms with E-state index in [0.717, 1.165) is 25.2 Å². The minimum absolute atomic E-state index is 0.138. The first kappa shape index (κ1) is 9.77. The summed E-state index contributed by atoms with van der Waals surface area (Å²) in [5.74, 6) is 0.138. The number of benzene rings is 1. The van der Waals surface area contributed by atoms with E-state index >= 15 is 0 Å². The Labute approximate surface area is 88.1 Å². The molecular formula is C10H13ClN2O. The highest BCUT2D eigenvalue weighted by atomic mass is 35.5. The summed E-state index contributed by atoms with van der Waals surface area (Å²) in [7, 11) is 0. The number of nitrogens with one attached hydrogen (secondary N) is 2. The van der Waals surface area contributed by atoms with Gasteiger partial charge >= 0.3 is 0 Å². The van der Waals surface area contributed by atoms with Gasteiger partial charge in [-0.15, -0.1) is 0 Å². The van der Waals surface area contributed by atoms with Crippen LogP contribution < -0.4 is 10.6 Å². The predicted octanol–water partition coefficient (Wildman–Crippen LogP) is 1.28. The lowest BCUT2D eigenvalue weighted by molar-refractivity contribution is 0.429. The number of halogens is 1. The average molecular weight is 213 g/mol. The van der Waals surface area contributed by atoms with Crippen molar-refractivity contribution in [2.75, 3.05) is 19.6 Å². The van der Waals surface area contributed by atoms with Gasteiger partial charge in [0.15, 0.2) is 0 Å². The standard InChI is InChI=1S/C10H13ClN2O/c11-8-5-7(1-2-10(8)14)9-6-12-3-4-13-9/h1-2,5,9,12-14H,3-4,6H2/t9-/m1/s1. The van der Waals surface area contributed by atoms with Crippen molar-refractivity contribution in [3.63, 3.8) is 0 Å². The van der Waals surface area contributed by atoms with E-state index in [1.54, 1.807) is 6.07 Å². The second-order valence-electron chi connectivity index (χ2n) is 3.42. The Hall–Kier alpha value is -0.770. The highest BCUT2D eigenvalue weighted by Gasteiger charge is 2.14. The normalized spacial score (nSPS) is 22.2. The Bertz CT molecular complexity index is 324. The minimum Gasteiger partial charge on any atom is -0.506 e. The fraction of sp³-hybridized carbons (Fsp3) is 0.400. The van der Waals surface area contributed by atoms with Crippen molar-refractivity contribution in [1.82, 2.24) is 10.6 Å². The van der Waals surface area contributed by atoms with Gasteiger partial charge < -0.3 is 15.7 Å². The van der Waals surface area contributed by atoms with Crippen LogP contribution >= 0.6 is 11.6 Å². The highest BCUT2D eigenvalue weighted by Crippen LogP contribution is 2.26. The SMILES string of the molecule is Oc1ccc([C@H]2CNCCN2)cc1Cl. The van der Waals surface area contributed by atoms with Gasteiger partial charge in [0.1, 0.15) is 5.75 Å². The van der Waals surface area contributed by atoms with E-state index in [1.807, 2.05) is 12.1 Å². The smallest absolute Gasteiger partial charge is 0.134 e. The third-order valence-electron chi connectivity index (χ3n) is 2.42. The lowest BCUT2D eigenvalue weighted by Crippen LogP contribution is -2.42. The first-order valence-electron chi connectivity index (χ1n) is 4.70. The molecule has 0 radical (unpaired) electrons. The van der Waals surface area contributed by atoms with E-state index < -0.39 is 0 Å². The number of piperazine rings is 1. The fourth-order valence-electron chi connectivity index (χ4n) is 1.63. The predicted molar refractivity (Wildman–Crippen MR) is 56.7 cm³/mol. The lowest BCUT2D eigenvalue weighted by Gasteiger charge is -2.25. The molecule has 4 heteroatoms. The van der Waals surface area contributed by atoms with Crippen molar-refractivity contribution in [2.24, 2.45) is 0 Å². The molecule has 14 heavy (non-hydrogen) atoms. The van der Waals surface area contributed by atoms with Crippen LogP contribution in [0.15, 0.2) is 18.2 Å². The molecule has 0 aliphatic carbocycles. The Balaban J connectivity index is 2.18. The van der Waals surface area contributed by atoms with E-state index in [0.29, 0.717) is 11.1 Å². The molecule has 0 saturated carbocycles. The molecule has 1 atom stereocenters. The lowest BCUT2D eigenvalue weighted by atomic mass is 10.1. The molecule has 0 unspecified atom stereocenters. The van der Waals surface area contributed by atoms with E-state index in [9.17, 15) is 5.11 Å². The van der Waals surface area contributed by atoms with Crippen LogP contribution in [0.25, 0.3) is 0 Å². The van der Waals surface area contributed by atoms with Gasteiger partial charge in [0.25, 0.3) is 0 Å². The third kappa shape index (κ3) is 2.00. The van der Waals surface area contributed by atoms with Crippen LogP contribution in [-0.2, 0) is 0 Å². The molecule has 3 nitrogen and oxygen atoms in total. The van der Waals surface area contributed by atoms with Crippen molar-refractivity contribution in [2.45, 2.75) is 6.04 Å². The summed E-state index contributed by atoms with van der Waals surface area (Å²) in [6.07, 6.45) is 0. The Morgan fingerprint density at radius 1 is 1.36 bits per heavy atom. The average Bonchev–Trinajstić information content (AvgIpc) is 2.23. The van der Waals surface area contributed by atoms with Crippen LogP contribution in [0.3, 0.4) is 0 Å². The fourth-order valence-corrected chi connectivity index (χ4v) is 1.82. The van der Waals surface area contributed by atoms with E-state index in [-0.39, 0.29) is 5.75 Å². The van der Waals surface area contributed by atoms with Crippen molar-refractivity contribution >= 4 is 11.6 Å². The van der Waals surface area contributed by atoms with Crippen LogP contribution in [0.1, 0.15) is 11.6 Å². The van der Waals surface area contributed by atoms with Crippen molar-refractivity contribution in [3.8, 4) is 5.75 Å². The minimum atomic E-state index is 0.138. The third-order valence-corrected chi connectivity index (χ3v) is 2.72. The number of phenolic OH excluding ortho intramolecular Hbond substituents is 1. The number of rotatable bonds is 1. The molecular weight excluding hydrogens is 200 g/mol. The maximum absolute atomic E-state index is 9.27. The van der Waals surface area contributed by atoms with Gasteiger partial charge in [0.05, 0.1) is 5.02 Å². The molecule has 1 aliphatic rings. The van der Waals surface area contributed by atoms with Crippen LogP contribution in [0, 0.1) is 0 Å². The summed E-state index contributed by atoms with van der Waals surface area (Å²) in [6, 6.07) is 5.63. The Morgan fingerprint density at radius 3 is 2.86 bits per heavy atom. The van der Waals surface area contributed by atoms with Gasteiger partial charge in [-0.2, -0.15) is 0 Å². The Kier molecular flexibility index (Phi) is 2.91. The summed E-state index contributed by atoms with van der Waals surface area (Å²) < 4.78 is 0. The number of aromatic hydroxyl groups is 1. The monoisotopic (exact) mass is 212 g/mol. The molecule has 1 saturated heterocycles. The zero-order valence-corrected chi connectivity index (χ0v) is 8.51. The maximum atomic E-state index is 9.27. The van der Waals surface area contributed by atoms with Gasteiger partial charge in [-0.3, -0.25) is 0 Å². The molecule has 0 aromatic heterocycles. The summed E-state index contributed by atoms with van der Waals surface area (Å²) >= 11 is 5.83. The molecule has 0 bridgehead atoms. The van der Waals surface area contributed by atoms with E-state index in [1.165, 1.54) is 0 Å². The second kappa shape index (κ2) is 4.17. The number of hydrogen-bond donors (Lipinski definition) is 3. The molecule has 3 N–H and O–H groups in total. The number of hydrogen-bond acceptors (Lipinski definition) is 3. The van der Waals surface area contributed by atoms with E-state index in [4.69, 9.17) is 11.6 Å². The molecule has 1 aliphatic heterocycles. The first-order valence-corrected chi connectivity index (χ1v) is 5.07. The summed E-state index contributed by atoms with van der Waals surface area (Å²) in [5, 5.41) is 16.4. The van der Waals surface area contributed by atoms with Crippen LogP contribution in [0.4, 0.5) is 0 Å². The highest BCUT2D eigenvalue weighted by molar-refractivity contribution is 6.32. The van der Waals surface area contributed by atoms with Crippen molar-refractivity contribution < 1.29 is 5.11 Å². The van der Waals surface area contributed by atoms with Gasteiger partial charge in [-0.25, -0.2) is 0 Å². The van der Waals surface area contributed by atoms with Gasteiger partial charge in [-0.05, 0) is 17.7 Å². The molecule has 1 heterocycles. The quantitative estimate of drug-likeness (QED) is 0.657. The number of phenols is 1. The van der Waals surface area contributed by atoms with Crippen LogP contribution in [-0.4, -0.2) is 24.7 Å². The summed E-state index contributed by atoms with van der Waals surface area (Å²) in [6.45, 7) is 2.87. The second-order valence-corrected chi connectivity index (χ2v) is 3.83. The largest absolute Gasteiger partial charge is 0.506 e. The zero-order valence-electron chi connectivity index (χ0n) is 7.76. The van der Waals surface area contributed by atoms with E-state index in [2.05, 4.69) is 10.6 Å². The van der Waals surface area contributed by atoms with Gasteiger partial charge in [-0.1, -0.05) is 17.7 Å². The maximum Gasteiger partial charge on any atom is 0.134 e. The van der Waals surface area contributed by atoms with Gasteiger partial charge in [0.2, 0.25) is 0 Å². The van der Waals surface area contributed by atoms with Crippen LogP contribution in [0.5, 0.6) is 5.75 Å². The molecule has 0 amide bonds. The molecule has 1 fully saturated rings. The van der Waals surface area contributed by atoms with Gasteiger partial charge in [0, 0.05) is 25.7 Å². The Morgan fingerprint density at radius 2 is 2.21 bits per heavy atom. The van der Waals surface area contributed by atoms with Crippen molar-refractivity contribution in [3.05, 3.63) is 28.8 Å². The molecule has 2 rings (SSSR count). The molecule has 76 valence electrons. The molecule has 0 spiro atoms.